The Labute approximate surface area is 124 Å². The molecule has 1 N–H and O–H groups in total. The molecular formula is C17H32N2O. The maximum atomic E-state index is 5.96. The Kier molecular flexibility index (Phi) is 4.40. The molecule has 3 nitrogen and oxygen atoms in total. The smallest absolute Gasteiger partial charge is 0.0661 e. The second kappa shape index (κ2) is 5.94. The molecule has 0 bridgehead atoms. The third-order valence-corrected chi connectivity index (χ3v) is 6.13. The van der Waals surface area contributed by atoms with Crippen LogP contribution in [0.5, 0.6) is 0 Å². The summed E-state index contributed by atoms with van der Waals surface area (Å²) in [7, 11) is 0. The van der Waals surface area contributed by atoms with Gasteiger partial charge in [0.1, 0.15) is 0 Å². The number of likely N-dealkylation sites (tertiary alicyclic amines) is 1. The van der Waals surface area contributed by atoms with Crippen molar-refractivity contribution in [1.82, 2.24) is 10.2 Å². The fourth-order valence-electron chi connectivity index (χ4n) is 4.54. The van der Waals surface area contributed by atoms with Crippen molar-refractivity contribution < 1.29 is 4.74 Å². The summed E-state index contributed by atoms with van der Waals surface area (Å²) in [5, 5.41) is 3.99. The molecular weight excluding hydrogens is 248 g/mol. The van der Waals surface area contributed by atoms with Crippen molar-refractivity contribution in [2.24, 2.45) is 5.41 Å². The second-order valence-electron chi connectivity index (χ2n) is 7.39. The molecule has 0 unspecified atom stereocenters. The fraction of sp³-hybridized carbons (Fsp3) is 1.00. The molecule has 116 valence electrons. The van der Waals surface area contributed by atoms with E-state index in [1.165, 1.54) is 51.6 Å². The Hall–Kier alpha value is -0.120. The normalized spacial score (nSPS) is 34.2. The number of nitrogens with one attached hydrogen (secondary N) is 1. The maximum absolute atomic E-state index is 5.96. The van der Waals surface area contributed by atoms with Crippen LogP contribution in [0.3, 0.4) is 0 Å². The van der Waals surface area contributed by atoms with Crippen molar-refractivity contribution in [2.45, 2.75) is 83.5 Å². The molecule has 3 aliphatic rings. The van der Waals surface area contributed by atoms with Crippen LogP contribution >= 0.6 is 0 Å². The van der Waals surface area contributed by atoms with E-state index in [-0.39, 0.29) is 0 Å². The van der Waals surface area contributed by atoms with Crippen LogP contribution < -0.4 is 5.32 Å². The highest BCUT2D eigenvalue weighted by molar-refractivity contribution is 5.12. The third-order valence-electron chi connectivity index (χ3n) is 6.13. The summed E-state index contributed by atoms with van der Waals surface area (Å²) in [6.45, 7) is 10.2. The van der Waals surface area contributed by atoms with Gasteiger partial charge in [-0.2, -0.15) is 0 Å². The lowest BCUT2D eigenvalue weighted by atomic mass is 9.51. The molecule has 1 heterocycles. The van der Waals surface area contributed by atoms with E-state index in [0.717, 1.165) is 18.7 Å². The molecule has 1 spiro atoms. The average Bonchev–Trinajstić information content (AvgIpc) is 2.36. The molecule has 2 saturated carbocycles. The molecule has 1 aliphatic heterocycles. The minimum absolute atomic E-state index is 0.519. The number of ether oxygens (including phenoxy) is 1. The highest BCUT2D eigenvalue weighted by Crippen LogP contribution is 2.57. The van der Waals surface area contributed by atoms with Gasteiger partial charge < -0.3 is 15.0 Å². The monoisotopic (exact) mass is 280 g/mol. The van der Waals surface area contributed by atoms with Crippen molar-refractivity contribution in [1.29, 1.82) is 0 Å². The fourth-order valence-corrected chi connectivity index (χ4v) is 4.54. The average molecular weight is 280 g/mol. The van der Waals surface area contributed by atoms with E-state index in [1.54, 1.807) is 0 Å². The number of piperidine rings is 1. The highest BCUT2D eigenvalue weighted by Gasteiger charge is 2.59. The largest absolute Gasteiger partial charge is 0.378 e. The van der Waals surface area contributed by atoms with Gasteiger partial charge in [-0.25, -0.2) is 0 Å². The quantitative estimate of drug-likeness (QED) is 0.838. The molecule has 0 aromatic rings. The predicted octanol–water partition coefficient (Wildman–Crippen LogP) is 2.80. The summed E-state index contributed by atoms with van der Waals surface area (Å²) in [6, 6.07) is 2.19. The standard InChI is InChI=1S/C17H32N2O/c1-4-20-16-12-15(17(16)8-5-9-17)18-14-6-10-19(11-7-14)13(2)3/h13-16,18H,4-12H2,1-3H3/t15-,16-/m1/s1. The Balaban J connectivity index is 1.48. The van der Waals surface area contributed by atoms with Crippen LogP contribution in [0, 0.1) is 5.41 Å². The molecule has 3 fully saturated rings. The molecule has 2 atom stereocenters. The van der Waals surface area contributed by atoms with Crippen LogP contribution in [0.25, 0.3) is 0 Å². The zero-order chi connectivity index (χ0) is 14.2. The lowest BCUT2D eigenvalue weighted by Crippen LogP contribution is -2.68. The summed E-state index contributed by atoms with van der Waals surface area (Å²) in [4.78, 5) is 2.61. The van der Waals surface area contributed by atoms with Gasteiger partial charge in [0, 0.05) is 30.1 Å². The van der Waals surface area contributed by atoms with E-state index >= 15 is 0 Å². The van der Waals surface area contributed by atoms with Gasteiger partial charge in [0.15, 0.2) is 0 Å². The topological polar surface area (TPSA) is 24.5 Å². The molecule has 3 rings (SSSR count). The first-order valence-electron chi connectivity index (χ1n) is 8.77. The molecule has 0 aromatic carbocycles. The Morgan fingerprint density at radius 1 is 1.25 bits per heavy atom. The van der Waals surface area contributed by atoms with Gasteiger partial charge in [0.25, 0.3) is 0 Å². The van der Waals surface area contributed by atoms with Crippen molar-refractivity contribution in [3.63, 3.8) is 0 Å². The molecule has 3 heteroatoms. The SMILES string of the molecule is CCO[C@@H]1C[C@@H](NC2CCN(C(C)C)CC2)C12CCC2. The molecule has 2 aliphatic carbocycles. The third kappa shape index (κ3) is 2.53. The first kappa shape index (κ1) is 14.8. The minimum atomic E-state index is 0.519. The van der Waals surface area contributed by atoms with E-state index < -0.39 is 0 Å². The van der Waals surface area contributed by atoms with Gasteiger partial charge in [0.2, 0.25) is 0 Å². The van der Waals surface area contributed by atoms with Gasteiger partial charge in [-0.1, -0.05) is 6.42 Å². The highest BCUT2D eigenvalue weighted by atomic mass is 16.5. The predicted molar refractivity (Wildman–Crippen MR) is 83.0 cm³/mol. The van der Waals surface area contributed by atoms with Crippen LogP contribution in [0.15, 0.2) is 0 Å². The summed E-state index contributed by atoms with van der Waals surface area (Å²) < 4.78 is 5.96. The molecule has 20 heavy (non-hydrogen) atoms. The van der Waals surface area contributed by atoms with E-state index in [2.05, 4.69) is 31.0 Å². The van der Waals surface area contributed by atoms with Crippen molar-refractivity contribution >= 4 is 0 Å². The first-order chi connectivity index (χ1) is 9.65. The summed E-state index contributed by atoms with van der Waals surface area (Å²) in [5.41, 5.74) is 0.519. The summed E-state index contributed by atoms with van der Waals surface area (Å²) in [5.74, 6) is 0. The van der Waals surface area contributed by atoms with Crippen molar-refractivity contribution in [3.8, 4) is 0 Å². The van der Waals surface area contributed by atoms with Crippen LogP contribution in [0.1, 0.15) is 59.3 Å². The molecule has 0 amide bonds. The molecule has 1 saturated heterocycles. The number of rotatable bonds is 5. The Morgan fingerprint density at radius 2 is 1.95 bits per heavy atom. The van der Waals surface area contributed by atoms with Crippen LogP contribution in [0.4, 0.5) is 0 Å². The van der Waals surface area contributed by atoms with Crippen molar-refractivity contribution in [3.05, 3.63) is 0 Å². The van der Waals surface area contributed by atoms with Gasteiger partial charge in [0.05, 0.1) is 6.10 Å². The van der Waals surface area contributed by atoms with E-state index in [0.29, 0.717) is 17.6 Å². The minimum Gasteiger partial charge on any atom is -0.378 e. The lowest BCUT2D eigenvalue weighted by Gasteiger charge is -2.62. The summed E-state index contributed by atoms with van der Waals surface area (Å²) >= 11 is 0. The molecule has 0 radical (unpaired) electrons. The van der Waals surface area contributed by atoms with Crippen LogP contribution in [0.2, 0.25) is 0 Å². The van der Waals surface area contributed by atoms with E-state index in [9.17, 15) is 0 Å². The van der Waals surface area contributed by atoms with Gasteiger partial charge in [-0.05, 0) is 66.0 Å². The van der Waals surface area contributed by atoms with Gasteiger partial charge in [-0.15, -0.1) is 0 Å². The van der Waals surface area contributed by atoms with E-state index in [1.807, 2.05) is 0 Å². The van der Waals surface area contributed by atoms with Crippen LogP contribution in [-0.4, -0.2) is 48.8 Å². The van der Waals surface area contributed by atoms with Gasteiger partial charge >= 0.3 is 0 Å². The maximum Gasteiger partial charge on any atom is 0.0661 e. The molecule has 0 aromatic heterocycles. The second-order valence-corrected chi connectivity index (χ2v) is 7.39. The first-order valence-corrected chi connectivity index (χ1v) is 8.77. The number of nitrogens with zero attached hydrogens (tertiary/aromatic N) is 1. The van der Waals surface area contributed by atoms with Crippen molar-refractivity contribution in [2.75, 3.05) is 19.7 Å². The lowest BCUT2D eigenvalue weighted by molar-refractivity contribution is -0.175. The Morgan fingerprint density at radius 3 is 2.45 bits per heavy atom. The van der Waals surface area contributed by atoms with Gasteiger partial charge in [-0.3, -0.25) is 0 Å². The van der Waals surface area contributed by atoms with E-state index in [4.69, 9.17) is 4.74 Å². The zero-order valence-corrected chi connectivity index (χ0v) is 13.5. The van der Waals surface area contributed by atoms with Crippen LogP contribution in [-0.2, 0) is 4.74 Å². The Bertz CT molecular complexity index is 319. The number of hydrogen-bond donors (Lipinski definition) is 1. The zero-order valence-electron chi connectivity index (χ0n) is 13.5. The number of hydrogen-bond acceptors (Lipinski definition) is 3. The summed E-state index contributed by atoms with van der Waals surface area (Å²) in [6.07, 6.45) is 8.63.